The van der Waals surface area contributed by atoms with Gasteiger partial charge in [0, 0.05) is 50.7 Å². The highest BCUT2D eigenvalue weighted by atomic mass is 16.3. The molecule has 0 spiro atoms. The number of furan rings is 2. The maximum absolute atomic E-state index is 6.35. The third-order valence-electron chi connectivity index (χ3n) is 10.5. The van der Waals surface area contributed by atoms with Gasteiger partial charge in [0.2, 0.25) is 0 Å². The molecule has 0 aliphatic carbocycles. The molecule has 11 aromatic rings. The molecule has 11 rings (SSSR count). The van der Waals surface area contributed by atoms with E-state index >= 15 is 0 Å². The van der Waals surface area contributed by atoms with E-state index in [0.717, 1.165) is 60.9 Å². The van der Waals surface area contributed by atoms with Crippen LogP contribution in [0.5, 0.6) is 0 Å². The topological polar surface area (TPSA) is 29.5 Å². The number of rotatable bonds is 4. The molecule has 0 saturated carbocycles. The first-order chi connectivity index (χ1) is 25.3. The molecule has 9 aromatic carbocycles. The number of hydrogen-bond donors (Lipinski definition) is 0. The summed E-state index contributed by atoms with van der Waals surface area (Å²) in [4.78, 5) is 2.28. The van der Waals surface area contributed by atoms with Crippen LogP contribution in [0.2, 0.25) is 0 Å². The van der Waals surface area contributed by atoms with Crippen molar-refractivity contribution in [3.05, 3.63) is 176 Å². The van der Waals surface area contributed by atoms with E-state index in [4.69, 9.17) is 8.83 Å². The van der Waals surface area contributed by atoms with E-state index < -0.39 is 0 Å². The monoisotopic (exact) mass is 651 g/mol. The van der Waals surface area contributed by atoms with E-state index in [1.165, 1.54) is 43.4 Å². The molecule has 0 atom stereocenters. The summed E-state index contributed by atoms with van der Waals surface area (Å²) in [6.07, 6.45) is 0. The van der Waals surface area contributed by atoms with Crippen molar-refractivity contribution in [2.24, 2.45) is 0 Å². The highest BCUT2D eigenvalue weighted by Crippen LogP contribution is 2.42. The highest BCUT2D eigenvalue weighted by Gasteiger charge is 2.18. The summed E-state index contributed by atoms with van der Waals surface area (Å²) in [7, 11) is 0. The van der Waals surface area contributed by atoms with Crippen molar-refractivity contribution in [2.75, 3.05) is 4.90 Å². The van der Waals surface area contributed by atoms with Gasteiger partial charge in [-0.25, -0.2) is 0 Å². The molecule has 2 aromatic heterocycles. The largest absolute Gasteiger partial charge is 0.456 e. The minimum absolute atomic E-state index is 0.857. The molecular formula is C48H29NO2. The molecule has 0 aliphatic heterocycles. The third kappa shape index (κ3) is 4.32. The zero-order valence-corrected chi connectivity index (χ0v) is 27.5. The maximum Gasteiger partial charge on any atom is 0.137 e. The van der Waals surface area contributed by atoms with Crippen molar-refractivity contribution in [2.45, 2.75) is 0 Å². The fourth-order valence-electron chi connectivity index (χ4n) is 8.05. The summed E-state index contributed by atoms with van der Waals surface area (Å²) in [6, 6.07) is 62.7. The average Bonchev–Trinajstić information content (AvgIpc) is 3.75. The number of nitrogens with zero attached hydrogens (tertiary/aromatic N) is 1. The molecule has 51 heavy (non-hydrogen) atoms. The molecule has 238 valence electrons. The van der Waals surface area contributed by atoms with Gasteiger partial charge in [0.25, 0.3) is 0 Å². The summed E-state index contributed by atoms with van der Waals surface area (Å²) >= 11 is 0. The molecule has 3 nitrogen and oxygen atoms in total. The van der Waals surface area contributed by atoms with Gasteiger partial charge in [-0.15, -0.1) is 0 Å². The van der Waals surface area contributed by atoms with Crippen LogP contribution in [0.1, 0.15) is 0 Å². The van der Waals surface area contributed by atoms with Crippen molar-refractivity contribution in [1.29, 1.82) is 0 Å². The molecular weight excluding hydrogens is 623 g/mol. The molecule has 0 amide bonds. The lowest BCUT2D eigenvalue weighted by Crippen LogP contribution is -2.09. The standard InChI is InChI=1S/C48H29NO2/c1-2-9-35-30(8-1)18-23-40-37-13-7-12-36(38(37)26-27-39(35)40)31-16-19-32(20-17-31)49(33-21-24-43-41-10-3-5-14-45(41)50-47(43)28-33)34-22-25-44-42-11-4-6-15-46(42)51-48(44)29-34/h1-29H. The Hall–Kier alpha value is -6.84. The van der Waals surface area contributed by atoms with Gasteiger partial charge in [-0.2, -0.15) is 0 Å². The predicted octanol–water partition coefficient (Wildman–Crippen LogP) is 14.1. The van der Waals surface area contributed by atoms with Crippen LogP contribution in [0.3, 0.4) is 0 Å². The smallest absolute Gasteiger partial charge is 0.137 e. The van der Waals surface area contributed by atoms with Gasteiger partial charge in [0.15, 0.2) is 0 Å². The van der Waals surface area contributed by atoms with Gasteiger partial charge < -0.3 is 13.7 Å². The van der Waals surface area contributed by atoms with Crippen molar-refractivity contribution in [3.8, 4) is 11.1 Å². The molecule has 3 heteroatoms. The highest BCUT2D eigenvalue weighted by molar-refractivity contribution is 6.19. The van der Waals surface area contributed by atoms with Gasteiger partial charge in [0.1, 0.15) is 22.3 Å². The summed E-state index contributed by atoms with van der Waals surface area (Å²) < 4.78 is 12.7. The Morgan fingerprint density at radius 3 is 1.45 bits per heavy atom. The Morgan fingerprint density at radius 2 is 0.765 bits per heavy atom. The van der Waals surface area contributed by atoms with Gasteiger partial charge in [-0.05, 0) is 92.0 Å². The van der Waals surface area contributed by atoms with Crippen molar-refractivity contribution in [3.63, 3.8) is 0 Å². The SMILES string of the molecule is c1ccc2c(c1)ccc1c3cccc(-c4ccc(N(c5ccc6c(c5)oc5ccccc56)c5ccc6c(c5)oc5ccccc56)cc4)c3ccc21. The van der Waals surface area contributed by atoms with Crippen LogP contribution in [-0.4, -0.2) is 0 Å². The van der Waals surface area contributed by atoms with Gasteiger partial charge in [-0.1, -0.05) is 115 Å². The number of para-hydroxylation sites is 2. The quantitative estimate of drug-likeness (QED) is 0.177. The second kappa shape index (κ2) is 10.8. The van der Waals surface area contributed by atoms with Gasteiger partial charge in [0.05, 0.1) is 0 Å². The van der Waals surface area contributed by atoms with Crippen LogP contribution in [0.15, 0.2) is 185 Å². The van der Waals surface area contributed by atoms with Gasteiger partial charge >= 0.3 is 0 Å². The molecule has 0 saturated heterocycles. The Bertz CT molecular complexity index is 3030. The molecule has 0 fully saturated rings. The van der Waals surface area contributed by atoms with Crippen LogP contribution in [-0.2, 0) is 0 Å². The fraction of sp³-hybridized carbons (Fsp3) is 0. The summed E-state index contributed by atoms with van der Waals surface area (Å²) in [6.45, 7) is 0. The minimum atomic E-state index is 0.857. The zero-order valence-electron chi connectivity index (χ0n) is 27.5. The number of benzene rings is 9. The first-order valence-electron chi connectivity index (χ1n) is 17.3. The maximum atomic E-state index is 6.35. The summed E-state index contributed by atoms with van der Waals surface area (Å²) in [5, 5.41) is 12.1. The number of anilines is 3. The molecule has 0 bridgehead atoms. The van der Waals surface area contributed by atoms with Gasteiger partial charge in [-0.3, -0.25) is 0 Å². The van der Waals surface area contributed by atoms with Crippen LogP contribution < -0.4 is 4.90 Å². The van der Waals surface area contributed by atoms with E-state index in [2.05, 4.69) is 157 Å². The predicted molar refractivity (Wildman–Crippen MR) is 214 cm³/mol. The Morgan fingerprint density at radius 1 is 0.294 bits per heavy atom. The summed E-state index contributed by atoms with van der Waals surface area (Å²) in [5.74, 6) is 0. The molecule has 0 radical (unpaired) electrons. The molecule has 0 aliphatic rings. The zero-order chi connectivity index (χ0) is 33.5. The Balaban J connectivity index is 1.06. The van der Waals surface area contributed by atoms with Crippen LogP contribution in [0, 0.1) is 0 Å². The summed E-state index contributed by atoms with van der Waals surface area (Å²) in [5.41, 5.74) is 8.94. The van der Waals surface area contributed by atoms with E-state index in [1.807, 2.05) is 24.3 Å². The van der Waals surface area contributed by atoms with Crippen molar-refractivity contribution >= 4 is 93.3 Å². The second-order valence-electron chi connectivity index (χ2n) is 13.3. The Labute approximate surface area is 293 Å². The molecule has 2 heterocycles. The van der Waals surface area contributed by atoms with E-state index in [0.29, 0.717) is 0 Å². The lowest BCUT2D eigenvalue weighted by atomic mass is 9.92. The molecule has 0 unspecified atom stereocenters. The number of fused-ring (bicyclic) bond motifs is 11. The number of hydrogen-bond acceptors (Lipinski definition) is 3. The second-order valence-corrected chi connectivity index (χ2v) is 13.3. The minimum Gasteiger partial charge on any atom is -0.456 e. The van der Waals surface area contributed by atoms with Crippen molar-refractivity contribution in [1.82, 2.24) is 0 Å². The average molecular weight is 652 g/mol. The van der Waals surface area contributed by atoms with Crippen LogP contribution in [0.25, 0.3) is 87.3 Å². The molecule has 0 N–H and O–H groups in total. The fourth-order valence-corrected chi connectivity index (χ4v) is 8.05. The van der Waals surface area contributed by atoms with E-state index in [9.17, 15) is 0 Å². The lowest BCUT2D eigenvalue weighted by molar-refractivity contribution is 0.669. The Kier molecular flexibility index (Phi) is 5.96. The third-order valence-corrected chi connectivity index (χ3v) is 10.5. The lowest BCUT2D eigenvalue weighted by Gasteiger charge is -2.25. The van der Waals surface area contributed by atoms with Crippen LogP contribution in [0.4, 0.5) is 17.1 Å². The van der Waals surface area contributed by atoms with E-state index in [-0.39, 0.29) is 0 Å². The first-order valence-corrected chi connectivity index (χ1v) is 17.3. The first kappa shape index (κ1) is 28.0. The van der Waals surface area contributed by atoms with E-state index in [1.54, 1.807) is 0 Å². The normalized spacial score (nSPS) is 11.9. The van der Waals surface area contributed by atoms with Crippen LogP contribution >= 0.6 is 0 Å². The van der Waals surface area contributed by atoms with Crippen molar-refractivity contribution < 1.29 is 8.83 Å².